The maximum atomic E-state index is 14.9. The van der Waals surface area contributed by atoms with E-state index in [0.29, 0.717) is 11.5 Å². The van der Waals surface area contributed by atoms with E-state index in [1.165, 1.54) is 62.5 Å². The van der Waals surface area contributed by atoms with Gasteiger partial charge in [-0.15, -0.1) is 0 Å². The lowest BCUT2D eigenvalue weighted by Crippen LogP contribution is -2.13. The molecule has 2 aromatic rings. The van der Waals surface area contributed by atoms with Gasteiger partial charge in [-0.1, -0.05) is 75.9 Å². The maximum absolute atomic E-state index is 14.9. The van der Waals surface area contributed by atoms with Gasteiger partial charge in [0.2, 0.25) is 0 Å². The summed E-state index contributed by atoms with van der Waals surface area (Å²) in [5.74, 6) is 1.47. The molecular formula is C30H39FO. The van der Waals surface area contributed by atoms with Crippen molar-refractivity contribution in [2.45, 2.75) is 96.5 Å². The Morgan fingerprint density at radius 3 is 2.25 bits per heavy atom. The molecule has 1 aliphatic heterocycles. The molecular weight excluding hydrogens is 395 g/mol. The Bertz CT molecular complexity index is 890. The second kappa shape index (κ2) is 11.2. The van der Waals surface area contributed by atoms with Crippen LogP contribution < -0.4 is 0 Å². The first-order valence-electron chi connectivity index (χ1n) is 12.9. The molecule has 1 nitrogen and oxygen atoms in total. The van der Waals surface area contributed by atoms with Gasteiger partial charge in [-0.05, 0) is 85.1 Å². The normalized spacial score (nSPS) is 23.5. The van der Waals surface area contributed by atoms with Crippen molar-refractivity contribution < 1.29 is 9.13 Å². The van der Waals surface area contributed by atoms with E-state index >= 15 is 0 Å². The molecule has 1 aliphatic carbocycles. The summed E-state index contributed by atoms with van der Waals surface area (Å²) in [6.07, 6.45) is 15.4. The lowest BCUT2D eigenvalue weighted by atomic mass is 9.77. The fraction of sp³-hybridized carbons (Fsp3) is 0.533. The van der Waals surface area contributed by atoms with Crippen molar-refractivity contribution in [2.75, 3.05) is 0 Å². The van der Waals surface area contributed by atoms with Gasteiger partial charge in [0.1, 0.15) is 11.9 Å². The Labute approximate surface area is 194 Å². The number of allylic oxidation sites excluding steroid dienone is 1. The van der Waals surface area contributed by atoms with Gasteiger partial charge in [-0.2, -0.15) is 0 Å². The second-order valence-electron chi connectivity index (χ2n) is 9.86. The summed E-state index contributed by atoms with van der Waals surface area (Å²) in [6, 6.07) is 14.5. The fourth-order valence-corrected chi connectivity index (χ4v) is 5.49. The Kier molecular flexibility index (Phi) is 8.05. The Balaban J connectivity index is 1.36. The second-order valence-corrected chi connectivity index (χ2v) is 9.86. The molecule has 2 heteroatoms. The van der Waals surface area contributed by atoms with Crippen LogP contribution in [0.5, 0.6) is 0 Å². The van der Waals surface area contributed by atoms with E-state index in [4.69, 9.17) is 4.74 Å². The zero-order valence-electron chi connectivity index (χ0n) is 19.9. The van der Waals surface area contributed by atoms with Gasteiger partial charge in [0, 0.05) is 5.56 Å². The summed E-state index contributed by atoms with van der Waals surface area (Å²) in [7, 11) is 0. The van der Waals surface area contributed by atoms with Crippen molar-refractivity contribution in [3.63, 3.8) is 0 Å². The van der Waals surface area contributed by atoms with E-state index < -0.39 is 0 Å². The van der Waals surface area contributed by atoms with E-state index in [2.05, 4.69) is 38.1 Å². The molecule has 0 bridgehead atoms. The van der Waals surface area contributed by atoms with Crippen LogP contribution in [0.2, 0.25) is 0 Å². The number of hydrogen-bond donors (Lipinski definition) is 0. The molecule has 32 heavy (non-hydrogen) atoms. The molecule has 2 aromatic carbocycles. The fourth-order valence-electron chi connectivity index (χ4n) is 5.49. The van der Waals surface area contributed by atoms with E-state index in [0.717, 1.165) is 36.3 Å². The van der Waals surface area contributed by atoms with Crippen molar-refractivity contribution >= 4 is 0 Å². The summed E-state index contributed by atoms with van der Waals surface area (Å²) >= 11 is 0. The average Bonchev–Trinajstić information content (AvgIpc) is 2.85. The lowest BCUT2D eigenvalue weighted by molar-refractivity contribution is 0.116. The molecule has 1 saturated carbocycles. The molecule has 1 heterocycles. The summed E-state index contributed by atoms with van der Waals surface area (Å²) in [5.41, 5.74) is 5.46. The highest BCUT2D eigenvalue weighted by Gasteiger charge is 2.23. The van der Waals surface area contributed by atoms with Crippen molar-refractivity contribution in [3.05, 3.63) is 71.2 Å². The zero-order valence-corrected chi connectivity index (χ0v) is 19.9. The highest BCUT2D eigenvalue weighted by atomic mass is 19.1. The van der Waals surface area contributed by atoms with Crippen molar-refractivity contribution in [3.8, 4) is 11.1 Å². The standard InChI is InChI=1S/C30H39FO/c1-3-5-6-7-23-8-11-24(12-9-23)25-13-15-26(16-14-25)27-17-18-28(29(31)20-27)30-19-10-22(4-2)21-32-30/h13-18,20-21,23-24,30H,3-12,19H2,1-2H3. The Morgan fingerprint density at radius 2 is 1.62 bits per heavy atom. The predicted molar refractivity (Wildman–Crippen MR) is 132 cm³/mol. The molecule has 0 aromatic heterocycles. The van der Waals surface area contributed by atoms with Gasteiger partial charge in [-0.25, -0.2) is 4.39 Å². The monoisotopic (exact) mass is 434 g/mol. The van der Waals surface area contributed by atoms with Crippen LogP contribution in [0.4, 0.5) is 4.39 Å². The van der Waals surface area contributed by atoms with Gasteiger partial charge >= 0.3 is 0 Å². The number of halogens is 1. The molecule has 1 atom stereocenters. The molecule has 0 saturated heterocycles. The SMILES string of the molecule is CCCCCC1CCC(c2ccc(-c3ccc(C4CCC(CC)=CO4)c(F)c3)cc2)CC1. The Hall–Kier alpha value is -2.09. The van der Waals surface area contributed by atoms with Gasteiger partial charge in [-0.3, -0.25) is 0 Å². The quantitative estimate of drug-likeness (QED) is 0.376. The van der Waals surface area contributed by atoms with Crippen LogP contribution >= 0.6 is 0 Å². The van der Waals surface area contributed by atoms with E-state index in [9.17, 15) is 4.39 Å². The van der Waals surface area contributed by atoms with Crippen LogP contribution in [-0.4, -0.2) is 0 Å². The molecule has 1 fully saturated rings. The smallest absolute Gasteiger partial charge is 0.130 e. The summed E-state index contributed by atoms with van der Waals surface area (Å²) < 4.78 is 20.7. The van der Waals surface area contributed by atoms with Crippen LogP contribution in [0, 0.1) is 11.7 Å². The highest BCUT2D eigenvalue weighted by molar-refractivity contribution is 5.64. The molecule has 0 radical (unpaired) electrons. The zero-order chi connectivity index (χ0) is 22.3. The number of unbranched alkanes of at least 4 members (excludes halogenated alkanes) is 2. The van der Waals surface area contributed by atoms with Crippen LogP contribution in [-0.2, 0) is 4.74 Å². The van der Waals surface area contributed by atoms with E-state index in [-0.39, 0.29) is 11.9 Å². The first kappa shape index (κ1) is 23.1. The van der Waals surface area contributed by atoms with Crippen molar-refractivity contribution in [2.24, 2.45) is 5.92 Å². The van der Waals surface area contributed by atoms with Gasteiger partial charge in [0.05, 0.1) is 6.26 Å². The van der Waals surface area contributed by atoms with Crippen molar-refractivity contribution in [1.82, 2.24) is 0 Å². The summed E-state index contributed by atoms with van der Waals surface area (Å²) in [5, 5.41) is 0. The minimum absolute atomic E-state index is 0.161. The third kappa shape index (κ3) is 5.63. The molecule has 0 amide bonds. The summed E-state index contributed by atoms with van der Waals surface area (Å²) in [4.78, 5) is 0. The van der Waals surface area contributed by atoms with E-state index in [1.807, 2.05) is 18.4 Å². The molecule has 0 N–H and O–H groups in total. The first-order chi connectivity index (χ1) is 15.7. The van der Waals surface area contributed by atoms with Gasteiger partial charge < -0.3 is 4.74 Å². The predicted octanol–water partition coefficient (Wildman–Crippen LogP) is 9.49. The third-order valence-corrected chi connectivity index (χ3v) is 7.71. The largest absolute Gasteiger partial charge is 0.493 e. The number of rotatable bonds is 8. The van der Waals surface area contributed by atoms with Gasteiger partial charge in [0.15, 0.2) is 0 Å². The average molecular weight is 435 g/mol. The number of hydrogen-bond acceptors (Lipinski definition) is 1. The number of ether oxygens (including phenoxy) is 1. The minimum atomic E-state index is -0.168. The highest BCUT2D eigenvalue weighted by Crippen LogP contribution is 2.39. The van der Waals surface area contributed by atoms with Crippen LogP contribution in [0.1, 0.15) is 108 Å². The molecule has 4 rings (SSSR count). The van der Waals surface area contributed by atoms with E-state index in [1.54, 1.807) is 6.07 Å². The third-order valence-electron chi connectivity index (χ3n) is 7.71. The number of benzene rings is 2. The summed E-state index contributed by atoms with van der Waals surface area (Å²) in [6.45, 7) is 4.42. The first-order valence-corrected chi connectivity index (χ1v) is 12.9. The van der Waals surface area contributed by atoms with Crippen LogP contribution in [0.15, 0.2) is 54.3 Å². The molecule has 2 aliphatic rings. The molecule has 0 spiro atoms. The molecule has 1 unspecified atom stereocenters. The van der Waals surface area contributed by atoms with Gasteiger partial charge in [0.25, 0.3) is 0 Å². The van der Waals surface area contributed by atoms with Crippen molar-refractivity contribution in [1.29, 1.82) is 0 Å². The van der Waals surface area contributed by atoms with Crippen LogP contribution in [0.25, 0.3) is 11.1 Å². The Morgan fingerprint density at radius 1 is 0.875 bits per heavy atom. The van der Waals surface area contributed by atoms with Crippen LogP contribution in [0.3, 0.4) is 0 Å². The minimum Gasteiger partial charge on any atom is -0.493 e. The topological polar surface area (TPSA) is 9.23 Å². The molecule has 172 valence electrons. The lowest BCUT2D eigenvalue weighted by Gasteiger charge is -2.29. The maximum Gasteiger partial charge on any atom is 0.130 e.